The third-order valence-electron chi connectivity index (χ3n) is 4.08. The average Bonchev–Trinajstić information content (AvgIpc) is 3.07. The number of nitrogens with zero attached hydrogens (tertiary/aromatic N) is 1. The third-order valence-corrected chi connectivity index (χ3v) is 4.08. The number of alkyl halides is 3. The Kier molecular flexibility index (Phi) is 5.68. The number of rotatable bonds is 8. The summed E-state index contributed by atoms with van der Waals surface area (Å²) < 4.78 is 36.8. The topological polar surface area (TPSA) is 29.3 Å². The summed E-state index contributed by atoms with van der Waals surface area (Å²) in [7, 11) is 0. The van der Waals surface area contributed by atoms with Crippen molar-refractivity contribution in [2.75, 3.05) is 13.1 Å². The summed E-state index contributed by atoms with van der Waals surface area (Å²) in [5.41, 5.74) is 5.55. The molecule has 0 heterocycles. The molecule has 2 nitrogen and oxygen atoms in total. The van der Waals surface area contributed by atoms with E-state index < -0.39 is 12.6 Å². The fraction of sp³-hybridized carbons (Fsp3) is 1.00. The Labute approximate surface area is 114 Å². The second kappa shape index (κ2) is 6.44. The first-order valence-electron chi connectivity index (χ1n) is 7.21. The smallest absolute Gasteiger partial charge is 0.329 e. The van der Waals surface area contributed by atoms with Crippen molar-refractivity contribution in [1.29, 1.82) is 0 Å². The summed E-state index contributed by atoms with van der Waals surface area (Å²) >= 11 is 0. The zero-order valence-electron chi connectivity index (χ0n) is 12.3. The van der Waals surface area contributed by atoms with E-state index in [4.69, 9.17) is 5.73 Å². The fourth-order valence-corrected chi connectivity index (χ4v) is 2.67. The molecule has 5 heteroatoms. The van der Waals surface area contributed by atoms with Crippen molar-refractivity contribution in [2.45, 2.75) is 70.6 Å². The van der Waals surface area contributed by atoms with Gasteiger partial charge in [-0.25, -0.2) is 0 Å². The lowest BCUT2D eigenvalue weighted by atomic mass is 9.90. The van der Waals surface area contributed by atoms with Crippen LogP contribution in [0.4, 0.5) is 13.2 Å². The molecular formula is C14H27F3N2. The Balaban J connectivity index is 2.58. The van der Waals surface area contributed by atoms with Gasteiger partial charge in [0.15, 0.2) is 0 Å². The fourth-order valence-electron chi connectivity index (χ4n) is 2.67. The Morgan fingerprint density at radius 1 is 1.21 bits per heavy atom. The van der Waals surface area contributed by atoms with E-state index in [-0.39, 0.29) is 12.0 Å². The molecule has 1 aliphatic rings. The summed E-state index contributed by atoms with van der Waals surface area (Å²) in [4.78, 5) is 2.31. The Morgan fingerprint density at radius 3 is 2.16 bits per heavy atom. The van der Waals surface area contributed by atoms with Crippen LogP contribution in [-0.2, 0) is 0 Å². The number of hydrogen-bond acceptors (Lipinski definition) is 2. The molecule has 0 spiro atoms. The van der Waals surface area contributed by atoms with Crippen LogP contribution < -0.4 is 5.73 Å². The SMILES string of the molecule is CC(C)N(CC1CC1)C(C)(CN)CCCC(F)(F)F. The molecule has 0 aliphatic heterocycles. The van der Waals surface area contributed by atoms with Crippen LogP contribution in [0.15, 0.2) is 0 Å². The molecule has 2 N–H and O–H groups in total. The van der Waals surface area contributed by atoms with Crippen molar-refractivity contribution in [1.82, 2.24) is 4.90 Å². The molecule has 0 amide bonds. The minimum atomic E-state index is -4.06. The maximum atomic E-state index is 12.3. The van der Waals surface area contributed by atoms with Gasteiger partial charge in [0, 0.05) is 31.1 Å². The van der Waals surface area contributed by atoms with E-state index in [1.54, 1.807) is 0 Å². The van der Waals surface area contributed by atoms with Crippen molar-refractivity contribution in [3.05, 3.63) is 0 Å². The summed E-state index contributed by atoms with van der Waals surface area (Å²) in [5, 5.41) is 0. The van der Waals surface area contributed by atoms with Gasteiger partial charge in [0.1, 0.15) is 0 Å². The van der Waals surface area contributed by atoms with Crippen LogP contribution in [0, 0.1) is 5.92 Å². The van der Waals surface area contributed by atoms with Crippen molar-refractivity contribution in [2.24, 2.45) is 11.7 Å². The number of nitrogens with two attached hydrogens (primary N) is 1. The summed E-state index contributed by atoms with van der Waals surface area (Å²) in [5.74, 6) is 0.718. The molecule has 0 aromatic carbocycles. The van der Waals surface area contributed by atoms with Crippen molar-refractivity contribution in [3.8, 4) is 0 Å². The Hall–Kier alpha value is -0.290. The zero-order chi connectivity index (χ0) is 14.7. The maximum absolute atomic E-state index is 12.3. The van der Waals surface area contributed by atoms with Crippen LogP contribution in [0.5, 0.6) is 0 Å². The Bertz CT molecular complexity index is 274. The third kappa shape index (κ3) is 5.69. The molecule has 1 fully saturated rings. The first kappa shape index (κ1) is 16.8. The minimum absolute atomic E-state index is 0.158. The highest BCUT2D eigenvalue weighted by Crippen LogP contribution is 2.35. The van der Waals surface area contributed by atoms with Crippen LogP contribution in [-0.4, -0.2) is 35.7 Å². The summed E-state index contributed by atoms with van der Waals surface area (Å²) in [6.45, 7) is 7.58. The van der Waals surface area contributed by atoms with Gasteiger partial charge in [0.05, 0.1) is 0 Å². The van der Waals surface area contributed by atoms with Gasteiger partial charge in [-0.1, -0.05) is 0 Å². The summed E-state index contributed by atoms with van der Waals surface area (Å²) in [6.07, 6.45) is -1.62. The highest BCUT2D eigenvalue weighted by atomic mass is 19.4. The summed E-state index contributed by atoms with van der Waals surface area (Å²) in [6, 6.07) is 0.319. The van der Waals surface area contributed by atoms with Gasteiger partial charge < -0.3 is 5.73 Å². The van der Waals surface area contributed by atoms with E-state index in [1.807, 2.05) is 6.92 Å². The van der Waals surface area contributed by atoms with Crippen molar-refractivity contribution in [3.63, 3.8) is 0 Å². The van der Waals surface area contributed by atoms with Crippen LogP contribution in [0.3, 0.4) is 0 Å². The maximum Gasteiger partial charge on any atom is 0.389 e. The lowest BCUT2D eigenvalue weighted by molar-refractivity contribution is -0.137. The lowest BCUT2D eigenvalue weighted by Gasteiger charge is -2.44. The van der Waals surface area contributed by atoms with Gasteiger partial charge in [-0.15, -0.1) is 0 Å². The van der Waals surface area contributed by atoms with Crippen LogP contribution in [0.2, 0.25) is 0 Å². The largest absolute Gasteiger partial charge is 0.389 e. The van der Waals surface area contributed by atoms with Crippen molar-refractivity contribution >= 4 is 0 Å². The normalized spacial score (nSPS) is 20.1. The highest BCUT2D eigenvalue weighted by molar-refractivity contribution is 4.92. The molecule has 114 valence electrons. The van der Waals surface area contributed by atoms with Gasteiger partial charge >= 0.3 is 6.18 Å². The average molecular weight is 280 g/mol. The minimum Gasteiger partial charge on any atom is -0.329 e. The van der Waals surface area contributed by atoms with E-state index in [0.29, 0.717) is 19.0 Å². The van der Waals surface area contributed by atoms with E-state index >= 15 is 0 Å². The molecule has 0 aromatic heterocycles. The zero-order valence-corrected chi connectivity index (χ0v) is 12.3. The number of hydrogen-bond donors (Lipinski definition) is 1. The predicted octanol–water partition coefficient (Wildman–Crippen LogP) is 3.56. The van der Waals surface area contributed by atoms with Crippen LogP contribution in [0.25, 0.3) is 0 Å². The second-order valence-electron chi connectivity index (χ2n) is 6.36. The van der Waals surface area contributed by atoms with E-state index in [0.717, 1.165) is 12.5 Å². The Morgan fingerprint density at radius 2 is 1.79 bits per heavy atom. The first-order valence-corrected chi connectivity index (χ1v) is 7.21. The van der Waals surface area contributed by atoms with E-state index in [1.165, 1.54) is 12.8 Å². The first-order chi connectivity index (χ1) is 8.68. The molecule has 1 unspecified atom stereocenters. The van der Waals surface area contributed by atoms with Gasteiger partial charge in [0.2, 0.25) is 0 Å². The molecule has 1 aliphatic carbocycles. The van der Waals surface area contributed by atoms with Crippen LogP contribution in [0.1, 0.15) is 52.9 Å². The van der Waals surface area contributed by atoms with E-state index in [9.17, 15) is 13.2 Å². The highest BCUT2D eigenvalue weighted by Gasteiger charge is 2.37. The molecule has 1 saturated carbocycles. The molecular weight excluding hydrogens is 253 g/mol. The quantitative estimate of drug-likeness (QED) is 0.736. The molecule has 0 saturated heterocycles. The monoisotopic (exact) mass is 280 g/mol. The molecule has 0 aromatic rings. The van der Waals surface area contributed by atoms with E-state index in [2.05, 4.69) is 18.7 Å². The van der Waals surface area contributed by atoms with Gasteiger partial charge in [0.25, 0.3) is 0 Å². The van der Waals surface area contributed by atoms with Gasteiger partial charge in [-0.05, 0) is 52.4 Å². The molecule has 1 rings (SSSR count). The standard InChI is InChI=1S/C14H27F3N2/c1-11(2)19(9-12-5-6-12)13(3,10-18)7-4-8-14(15,16)17/h11-12H,4-10,18H2,1-3H3. The molecule has 0 bridgehead atoms. The van der Waals surface area contributed by atoms with Gasteiger partial charge in [-0.3, -0.25) is 4.90 Å². The van der Waals surface area contributed by atoms with Crippen LogP contribution >= 0.6 is 0 Å². The molecule has 1 atom stereocenters. The number of halogens is 3. The van der Waals surface area contributed by atoms with Gasteiger partial charge in [-0.2, -0.15) is 13.2 Å². The second-order valence-corrected chi connectivity index (χ2v) is 6.36. The van der Waals surface area contributed by atoms with Crippen molar-refractivity contribution < 1.29 is 13.2 Å². The lowest BCUT2D eigenvalue weighted by Crippen LogP contribution is -2.55. The molecule has 0 radical (unpaired) electrons. The predicted molar refractivity (Wildman–Crippen MR) is 71.9 cm³/mol. The molecule has 19 heavy (non-hydrogen) atoms.